The van der Waals surface area contributed by atoms with Crippen molar-refractivity contribution in [1.29, 1.82) is 0 Å². The molecule has 3 rings (SSSR count). The first-order chi connectivity index (χ1) is 8.76. The average molecular weight is 245 g/mol. The van der Waals surface area contributed by atoms with Gasteiger partial charge in [0.05, 0.1) is 0 Å². The van der Waals surface area contributed by atoms with Crippen LogP contribution in [0.3, 0.4) is 0 Å². The molecular formula is C15H19NO2. The number of ether oxygens (including phenoxy) is 1. The SMILES string of the molecule is COCC(=O)NCC1CC12CCc1ccccc12. The van der Waals surface area contributed by atoms with Crippen molar-refractivity contribution in [3.63, 3.8) is 0 Å². The van der Waals surface area contributed by atoms with Crippen LogP contribution in [0.1, 0.15) is 24.0 Å². The lowest BCUT2D eigenvalue weighted by molar-refractivity contribution is -0.124. The summed E-state index contributed by atoms with van der Waals surface area (Å²) < 4.78 is 4.82. The molecule has 2 aliphatic rings. The average Bonchev–Trinajstić information content (AvgIpc) is 2.96. The monoisotopic (exact) mass is 245 g/mol. The van der Waals surface area contributed by atoms with Gasteiger partial charge in [-0.2, -0.15) is 0 Å². The number of hydrogen-bond acceptors (Lipinski definition) is 2. The number of fused-ring (bicyclic) bond motifs is 2. The molecule has 0 bridgehead atoms. The van der Waals surface area contributed by atoms with Crippen LogP contribution in [0.15, 0.2) is 24.3 Å². The molecule has 18 heavy (non-hydrogen) atoms. The van der Waals surface area contributed by atoms with Crippen LogP contribution in [0.4, 0.5) is 0 Å². The first-order valence-corrected chi connectivity index (χ1v) is 6.60. The van der Waals surface area contributed by atoms with Crippen molar-refractivity contribution in [2.45, 2.75) is 24.7 Å². The lowest BCUT2D eigenvalue weighted by atomic mass is 9.95. The van der Waals surface area contributed by atoms with E-state index in [1.165, 1.54) is 30.4 Å². The van der Waals surface area contributed by atoms with Crippen LogP contribution in [-0.4, -0.2) is 26.2 Å². The number of methoxy groups -OCH3 is 1. The fourth-order valence-electron chi connectivity index (χ4n) is 3.42. The van der Waals surface area contributed by atoms with Crippen molar-refractivity contribution in [3.05, 3.63) is 35.4 Å². The van der Waals surface area contributed by atoms with Gasteiger partial charge in [-0.3, -0.25) is 4.79 Å². The summed E-state index contributed by atoms with van der Waals surface area (Å²) in [7, 11) is 1.55. The van der Waals surface area contributed by atoms with Crippen LogP contribution >= 0.6 is 0 Å². The predicted octanol–water partition coefficient (Wildman–Crippen LogP) is 1.65. The molecule has 1 aromatic carbocycles. The molecule has 3 nitrogen and oxygen atoms in total. The first kappa shape index (κ1) is 11.7. The lowest BCUT2D eigenvalue weighted by Crippen LogP contribution is -2.30. The van der Waals surface area contributed by atoms with Crippen LogP contribution in [-0.2, 0) is 21.4 Å². The third-order valence-corrected chi connectivity index (χ3v) is 4.45. The molecule has 2 aliphatic carbocycles. The molecule has 0 heterocycles. The van der Waals surface area contributed by atoms with E-state index >= 15 is 0 Å². The Bertz CT molecular complexity index is 471. The van der Waals surface area contributed by atoms with Crippen LogP contribution in [0.2, 0.25) is 0 Å². The van der Waals surface area contributed by atoms with Gasteiger partial charge < -0.3 is 10.1 Å². The Morgan fingerprint density at radius 3 is 3.17 bits per heavy atom. The van der Waals surface area contributed by atoms with Gasteiger partial charge in [-0.05, 0) is 36.3 Å². The zero-order valence-electron chi connectivity index (χ0n) is 10.7. The largest absolute Gasteiger partial charge is 0.375 e. The summed E-state index contributed by atoms with van der Waals surface area (Å²) >= 11 is 0. The maximum Gasteiger partial charge on any atom is 0.245 e. The molecule has 1 spiro atoms. The second-order valence-electron chi connectivity index (χ2n) is 5.45. The molecule has 0 saturated heterocycles. The Balaban J connectivity index is 1.62. The van der Waals surface area contributed by atoms with E-state index in [9.17, 15) is 4.79 Å². The zero-order chi connectivity index (χ0) is 12.6. The minimum absolute atomic E-state index is 0.00849. The molecule has 1 N–H and O–H groups in total. The van der Waals surface area contributed by atoms with Crippen molar-refractivity contribution in [2.75, 3.05) is 20.3 Å². The van der Waals surface area contributed by atoms with Gasteiger partial charge in [0.2, 0.25) is 5.91 Å². The Morgan fingerprint density at radius 2 is 2.33 bits per heavy atom. The van der Waals surface area contributed by atoms with Crippen molar-refractivity contribution in [1.82, 2.24) is 5.32 Å². The predicted molar refractivity (Wildman–Crippen MR) is 69.4 cm³/mol. The molecule has 1 amide bonds. The molecule has 0 radical (unpaired) electrons. The van der Waals surface area contributed by atoms with E-state index in [0.717, 1.165) is 6.54 Å². The van der Waals surface area contributed by atoms with E-state index in [2.05, 4.69) is 29.6 Å². The smallest absolute Gasteiger partial charge is 0.245 e. The van der Waals surface area contributed by atoms with E-state index in [-0.39, 0.29) is 12.5 Å². The summed E-state index contributed by atoms with van der Waals surface area (Å²) in [5.74, 6) is 0.604. The number of rotatable bonds is 4. The van der Waals surface area contributed by atoms with Gasteiger partial charge in [-0.25, -0.2) is 0 Å². The minimum atomic E-state index is -0.00849. The van der Waals surface area contributed by atoms with Gasteiger partial charge in [-0.1, -0.05) is 24.3 Å². The topological polar surface area (TPSA) is 38.3 Å². The minimum Gasteiger partial charge on any atom is -0.375 e. The van der Waals surface area contributed by atoms with Gasteiger partial charge >= 0.3 is 0 Å². The van der Waals surface area contributed by atoms with E-state index in [1.807, 2.05) is 0 Å². The first-order valence-electron chi connectivity index (χ1n) is 6.60. The fraction of sp³-hybridized carbons (Fsp3) is 0.533. The summed E-state index contributed by atoms with van der Waals surface area (Å²) in [6.45, 7) is 0.951. The van der Waals surface area contributed by atoms with Gasteiger partial charge in [0.1, 0.15) is 6.61 Å². The standard InChI is InChI=1S/C15H19NO2/c1-18-10-14(17)16-9-12-8-15(12)7-6-11-4-2-3-5-13(11)15/h2-5,12H,6-10H2,1H3,(H,16,17). The van der Waals surface area contributed by atoms with Crippen molar-refractivity contribution in [3.8, 4) is 0 Å². The van der Waals surface area contributed by atoms with Crippen LogP contribution in [0.5, 0.6) is 0 Å². The summed E-state index contributed by atoms with van der Waals surface area (Å²) in [4.78, 5) is 11.4. The number of aryl methyl sites for hydroxylation is 1. The number of benzene rings is 1. The summed E-state index contributed by atoms with van der Waals surface area (Å²) in [6, 6.07) is 8.75. The summed E-state index contributed by atoms with van der Waals surface area (Å²) in [6.07, 6.45) is 3.66. The number of nitrogens with one attached hydrogen (secondary N) is 1. The highest BCUT2D eigenvalue weighted by Crippen LogP contribution is 2.61. The molecule has 1 saturated carbocycles. The number of hydrogen-bond donors (Lipinski definition) is 1. The van der Waals surface area contributed by atoms with Crippen LogP contribution in [0, 0.1) is 5.92 Å². The van der Waals surface area contributed by atoms with Crippen LogP contribution in [0.25, 0.3) is 0 Å². The number of carbonyl (C=O) groups is 1. The maximum atomic E-state index is 11.4. The number of carbonyl (C=O) groups excluding carboxylic acids is 1. The quantitative estimate of drug-likeness (QED) is 0.876. The second-order valence-corrected chi connectivity index (χ2v) is 5.45. The third-order valence-electron chi connectivity index (χ3n) is 4.45. The molecule has 3 heteroatoms. The van der Waals surface area contributed by atoms with Crippen molar-refractivity contribution >= 4 is 5.91 Å². The zero-order valence-corrected chi connectivity index (χ0v) is 10.7. The van der Waals surface area contributed by atoms with E-state index < -0.39 is 0 Å². The summed E-state index contributed by atoms with van der Waals surface area (Å²) in [5, 5.41) is 2.96. The Morgan fingerprint density at radius 1 is 1.50 bits per heavy atom. The second kappa shape index (κ2) is 4.39. The molecular weight excluding hydrogens is 226 g/mol. The van der Waals surface area contributed by atoms with Gasteiger partial charge in [0, 0.05) is 19.1 Å². The lowest BCUT2D eigenvalue weighted by Gasteiger charge is -2.12. The van der Waals surface area contributed by atoms with Gasteiger partial charge in [-0.15, -0.1) is 0 Å². The number of amides is 1. The van der Waals surface area contributed by atoms with E-state index in [0.29, 0.717) is 11.3 Å². The molecule has 2 atom stereocenters. The maximum absolute atomic E-state index is 11.4. The fourth-order valence-corrected chi connectivity index (χ4v) is 3.42. The molecule has 96 valence electrons. The molecule has 1 aromatic rings. The Labute approximate surface area is 108 Å². The van der Waals surface area contributed by atoms with Gasteiger partial charge in [0.25, 0.3) is 0 Å². The van der Waals surface area contributed by atoms with Gasteiger partial charge in [0.15, 0.2) is 0 Å². The Kier molecular flexibility index (Phi) is 2.86. The molecule has 0 aliphatic heterocycles. The molecule has 2 unspecified atom stereocenters. The normalized spacial score (nSPS) is 28.2. The third kappa shape index (κ3) is 1.83. The highest BCUT2D eigenvalue weighted by Gasteiger charge is 2.57. The van der Waals surface area contributed by atoms with E-state index in [1.54, 1.807) is 7.11 Å². The molecule has 0 aromatic heterocycles. The van der Waals surface area contributed by atoms with Crippen molar-refractivity contribution < 1.29 is 9.53 Å². The Hall–Kier alpha value is -1.35. The molecule has 1 fully saturated rings. The van der Waals surface area contributed by atoms with Crippen LogP contribution < -0.4 is 5.32 Å². The summed E-state index contributed by atoms with van der Waals surface area (Å²) in [5.41, 5.74) is 3.40. The van der Waals surface area contributed by atoms with E-state index in [4.69, 9.17) is 4.74 Å². The highest BCUT2D eigenvalue weighted by molar-refractivity contribution is 5.77. The highest BCUT2D eigenvalue weighted by atomic mass is 16.5. The van der Waals surface area contributed by atoms with Crippen molar-refractivity contribution in [2.24, 2.45) is 5.92 Å².